The predicted molar refractivity (Wildman–Crippen MR) is 115 cm³/mol. The number of carbonyl (C=O) groups excluding carboxylic acids is 1. The summed E-state index contributed by atoms with van der Waals surface area (Å²) in [6.07, 6.45) is 0.757. The monoisotopic (exact) mass is 419 g/mol. The molecule has 29 heavy (non-hydrogen) atoms. The Labute approximate surface area is 173 Å². The van der Waals surface area contributed by atoms with E-state index in [4.69, 9.17) is 4.74 Å². The Kier molecular flexibility index (Phi) is 8.04. The number of anilines is 1. The number of nitrogens with zero attached hydrogens (tertiary/aromatic N) is 1. The molecule has 0 aliphatic rings. The van der Waals surface area contributed by atoms with Gasteiger partial charge in [0.25, 0.3) is 5.91 Å². The van der Waals surface area contributed by atoms with Crippen molar-refractivity contribution in [1.29, 1.82) is 0 Å². The van der Waals surface area contributed by atoms with Crippen LogP contribution in [-0.4, -0.2) is 47.6 Å². The molecule has 0 saturated carbocycles. The second-order valence-electron chi connectivity index (χ2n) is 7.01. The normalized spacial score (nSPS) is 11.3. The maximum atomic E-state index is 12.5. The topological polar surface area (TPSA) is 87.7 Å². The first-order chi connectivity index (χ1) is 13.7. The van der Waals surface area contributed by atoms with Gasteiger partial charge >= 0.3 is 0 Å². The molecule has 0 unspecified atom stereocenters. The fourth-order valence-electron chi connectivity index (χ4n) is 2.83. The minimum absolute atomic E-state index is 0.0508. The lowest BCUT2D eigenvalue weighted by Gasteiger charge is -2.19. The maximum Gasteiger partial charge on any atom is 0.251 e. The molecule has 0 radical (unpaired) electrons. The summed E-state index contributed by atoms with van der Waals surface area (Å²) in [5.41, 5.74) is 1.38. The van der Waals surface area contributed by atoms with Crippen molar-refractivity contribution in [3.8, 4) is 5.75 Å². The molecule has 0 bridgehead atoms. The maximum absolute atomic E-state index is 12.5. The summed E-state index contributed by atoms with van der Waals surface area (Å²) in [5, 5.41) is 2.84. The van der Waals surface area contributed by atoms with Crippen molar-refractivity contribution >= 4 is 21.6 Å². The number of para-hydroxylation sites is 1. The SMILES string of the molecule is COc1ccc(C(=O)NCCCN(C)c2ccccc2)cc1S(=O)(=O)NC(C)C. The van der Waals surface area contributed by atoms with Gasteiger partial charge in [-0.15, -0.1) is 0 Å². The van der Waals surface area contributed by atoms with Gasteiger partial charge in [-0.3, -0.25) is 4.79 Å². The van der Waals surface area contributed by atoms with Crippen LogP contribution in [0.25, 0.3) is 0 Å². The number of nitrogens with one attached hydrogen (secondary N) is 2. The second-order valence-corrected chi connectivity index (χ2v) is 8.69. The van der Waals surface area contributed by atoms with Crippen LogP contribution >= 0.6 is 0 Å². The minimum atomic E-state index is -3.79. The first-order valence-corrected chi connectivity index (χ1v) is 11.0. The van der Waals surface area contributed by atoms with E-state index in [1.807, 2.05) is 37.4 Å². The minimum Gasteiger partial charge on any atom is -0.495 e. The fraction of sp³-hybridized carbons (Fsp3) is 0.381. The van der Waals surface area contributed by atoms with Crippen LogP contribution in [0.2, 0.25) is 0 Å². The number of ether oxygens (including phenoxy) is 1. The van der Waals surface area contributed by atoms with Gasteiger partial charge in [-0.2, -0.15) is 0 Å². The summed E-state index contributed by atoms with van der Waals surface area (Å²) >= 11 is 0. The smallest absolute Gasteiger partial charge is 0.251 e. The van der Waals surface area contributed by atoms with Crippen molar-refractivity contribution in [2.24, 2.45) is 0 Å². The van der Waals surface area contributed by atoms with E-state index >= 15 is 0 Å². The molecule has 7 nitrogen and oxygen atoms in total. The highest BCUT2D eigenvalue weighted by atomic mass is 32.2. The molecule has 0 aliphatic heterocycles. The van der Waals surface area contributed by atoms with Crippen LogP contribution in [0.3, 0.4) is 0 Å². The molecule has 2 aromatic rings. The highest BCUT2D eigenvalue weighted by Gasteiger charge is 2.22. The zero-order valence-corrected chi connectivity index (χ0v) is 18.1. The van der Waals surface area contributed by atoms with Crippen LogP contribution < -0.4 is 19.7 Å². The third kappa shape index (κ3) is 6.47. The Hall–Kier alpha value is -2.58. The quantitative estimate of drug-likeness (QED) is 0.578. The van der Waals surface area contributed by atoms with E-state index in [2.05, 4.69) is 14.9 Å². The average molecular weight is 420 g/mol. The Balaban J connectivity index is 1.99. The average Bonchev–Trinajstić information content (AvgIpc) is 2.70. The highest BCUT2D eigenvalue weighted by Crippen LogP contribution is 2.25. The molecule has 0 atom stereocenters. The molecule has 8 heteroatoms. The molecule has 2 aromatic carbocycles. The number of amides is 1. The van der Waals surface area contributed by atoms with Crippen LogP contribution in [-0.2, 0) is 10.0 Å². The lowest BCUT2D eigenvalue weighted by Crippen LogP contribution is -2.31. The van der Waals surface area contributed by atoms with E-state index in [0.717, 1.165) is 18.7 Å². The summed E-state index contributed by atoms with van der Waals surface area (Å²) in [6.45, 7) is 4.72. The van der Waals surface area contributed by atoms with Crippen molar-refractivity contribution < 1.29 is 17.9 Å². The number of hydrogen-bond donors (Lipinski definition) is 2. The molecule has 158 valence electrons. The Morgan fingerprint density at radius 1 is 1.14 bits per heavy atom. The van der Waals surface area contributed by atoms with Crippen molar-refractivity contribution in [2.45, 2.75) is 31.2 Å². The lowest BCUT2D eigenvalue weighted by atomic mass is 10.2. The van der Waals surface area contributed by atoms with E-state index in [-0.39, 0.29) is 28.2 Å². The molecule has 0 aliphatic carbocycles. The van der Waals surface area contributed by atoms with Gasteiger partial charge in [0.2, 0.25) is 10.0 Å². The summed E-state index contributed by atoms with van der Waals surface area (Å²) < 4.78 is 32.7. The molecule has 1 amide bonds. The Bertz CT molecular complexity index is 915. The van der Waals surface area contributed by atoms with Gasteiger partial charge in [0.1, 0.15) is 10.6 Å². The largest absolute Gasteiger partial charge is 0.495 e. The van der Waals surface area contributed by atoms with Crippen molar-refractivity contribution in [1.82, 2.24) is 10.0 Å². The van der Waals surface area contributed by atoms with Crippen molar-refractivity contribution in [2.75, 3.05) is 32.1 Å². The van der Waals surface area contributed by atoms with Gasteiger partial charge in [-0.1, -0.05) is 18.2 Å². The molecule has 0 saturated heterocycles. The van der Waals surface area contributed by atoms with Crippen LogP contribution in [0.5, 0.6) is 5.75 Å². The first kappa shape index (κ1) is 22.7. The number of rotatable bonds is 10. The molecule has 2 rings (SSSR count). The second kappa shape index (κ2) is 10.3. The Morgan fingerprint density at radius 2 is 1.83 bits per heavy atom. The zero-order chi connectivity index (χ0) is 21.4. The number of sulfonamides is 1. The van der Waals surface area contributed by atoms with Crippen LogP contribution in [0.4, 0.5) is 5.69 Å². The van der Waals surface area contributed by atoms with E-state index in [1.54, 1.807) is 19.9 Å². The first-order valence-electron chi connectivity index (χ1n) is 9.49. The zero-order valence-electron chi connectivity index (χ0n) is 17.3. The lowest BCUT2D eigenvalue weighted by molar-refractivity contribution is 0.0953. The molecule has 0 fully saturated rings. The van der Waals surface area contributed by atoms with E-state index in [9.17, 15) is 13.2 Å². The number of carbonyl (C=O) groups is 1. The Morgan fingerprint density at radius 3 is 2.45 bits per heavy atom. The number of benzene rings is 2. The molecular weight excluding hydrogens is 390 g/mol. The van der Waals surface area contributed by atoms with Gasteiger partial charge < -0.3 is 15.0 Å². The van der Waals surface area contributed by atoms with Crippen molar-refractivity contribution in [3.05, 3.63) is 54.1 Å². The highest BCUT2D eigenvalue weighted by molar-refractivity contribution is 7.89. The summed E-state index contributed by atoms with van der Waals surface area (Å²) in [5.74, 6) is -0.129. The molecule has 0 spiro atoms. The van der Waals surface area contributed by atoms with E-state index in [0.29, 0.717) is 6.54 Å². The van der Waals surface area contributed by atoms with Crippen LogP contribution in [0.15, 0.2) is 53.4 Å². The standard InChI is InChI=1S/C21H29N3O4S/c1-16(2)23-29(26,27)20-15-17(11-12-19(20)28-4)21(25)22-13-8-14-24(3)18-9-6-5-7-10-18/h5-7,9-12,15-16,23H,8,13-14H2,1-4H3,(H,22,25). The van der Waals surface area contributed by atoms with Crippen LogP contribution in [0.1, 0.15) is 30.6 Å². The van der Waals surface area contributed by atoms with Gasteiger partial charge in [-0.05, 0) is 50.6 Å². The number of methoxy groups -OCH3 is 1. The summed E-state index contributed by atoms with van der Waals surface area (Å²) in [7, 11) is -0.392. The third-order valence-electron chi connectivity index (χ3n) is 4.26. The van der Waals surface area contributed by atoms with Gasteiger partial charge in [-0.25, -0.2) is 13.1 Å². The predicted octanol–water partition coefficient (Wildman–Crippen LogP) is 2.64. The molecule has 0 aromatic heterocycles. The molecule has 2 N–H and O–H groups in total. The van der Waals surface area contributed by atoms with Crippen molar-refractivity contribution in [3.63, 3.8) is 0 Å². The number of hydrogen-bond acceptors (Lipinski definition) is 5. The summed E-state index contributed by atoms with van der Waals surface area (Å²) in [4.78, 5) is 14.5. The molecule has 0 heterocycles. The molecular formula is C21H29N3O4S. The van der Waals surface area contributed by atoms with E-state index in [1.165, 1.54) is 19.2 Å². The summed E-state index contributed by atoms with van der Waals surface area (Å²) in [6, 6.07) is 14.1. The van der Waals surface area contributed by atoms with Gasteiger partial charge in [0.15, 0.2) is 0 Å². The van der Waals surface area contributed by atoms with Crippen LogP contribution in [0, 0.1) is 0 Å². The van der Waals surface area contributed by atoms with E-state index < -0.39 is 10.0 Å². The van der Waals surface area contributed by atoms with Gasteiger partial charge in [0, 0.05) is 37.4 Å². The third-order valence-corrected chi connectivity index (χ3v) is 5.94. The van der Waals surface area contributed by atoms with Gasteiger partial charge in [0.05, 0.1) is 7.11 Å². The fourth-order valence-corrected chi connectivity index (χ4v) is 4.28.